The van der Waals surface area contributed by atoms with E-state index in [-0.39, 0.29) is 6.04 Å². The highest BCUT2D eigenvalue weighted by atomic mass is 19.3. The first kappa shape index (κ1) is 31.3. The summed E-state index contributed by atoms with van der Waals surface area (Å²) in [6, 6.07) is 17.1. The molecule has 2 aromatic rings. The van der Waals surface area contributed by atoms with E-state index in [1.165, 1.54) is 28.7 Å². The summed E-state index contributed by atoms with van der Waals surface area (Å²) in [5.74, 6) is -2.72. The van der Waals surface area contributed by atoms with Crippen molar-refractivity contribution in [1.29, 1.82) is 0 Å². The van der Waals surface area contributed by atoms with E-state index in [0.717, 1.165) is 31.1 Å². The SMILES string of the molecule is C=C(NCc1ccc(CCC(C)C)cc1)N(Cc1ccc(C)cc1)C1CCNCC1F.C=C(O)C(C)(F)F. The van der Waals surface area contributed by atoms with Crippen molar-refractivity contribution in [2.75, 3.05) is 13.1 Å². The van der Waals surface area contributed by atoms with Crippen molar-refractivity contribution in [3.05, 3.63) is 95.5 Å². The molecule has 0 spiro atoms. The number of rotatable bonds is 11. The third kappa shape index (κ3) is 10.8. The average Bonchev–Trinajstić information content (AvgIpc) is 2.86. The fourth-order valence-corrected chi connectivity index (χ4v) is 4.05. The van der Waals surface area contributed by atoms with Gasteiger partial charge in [0.05, 0.1) is 11.9 Å². The van der Waals surface area contributed by atoms with Crippen molar-refractivity contribution >= 4 is 0 Å². The fraction of sp³-hybridized carbons (Fsp3) is 0.484. The molecule has 0 saturated carbocycles. The molecular weight excluding hydrogens is 487 g/mol. The Hall–Kier alpha value is -2.93. The summed E-state index contributed by atoms with van der Waals surface area (Å²) in [7, 11) is 0. The monoisotopic (exact) mass is 531 g/mol. The third-order valence-corrected chi connectivity index (χ3v) is 6.63. The van der Waals surface area contributed by atoms with Crippen LogP contribution in [0.3, 0.4) is 0 Å². The van der Waals surface area contributed by atoms with Gasteiger partial charge in [0.15, 0.2) is 5.76 Å². The van der Waals surface area contributed by atoms with E-state index < -0.39 is 17.9 Å². The average molecular weight is 532 g/mol. The van der Waals surface area contributed by atoms with Crippen LogP contribution in [0, 0.1) is 12.8 Å². The predicted molar refractivity (Wildman–Crippen MR) is 151 cm³/mol. The highest BCUT2D eigenvalue weighted by Gasteiger charge is 2.31. The number of benzene rings is 2. The van der Waals surface area contributed by atoms with Gasteiger partial charge in [-0.1, -0.05) is 81.1 Å². The molecule has 1 aliphatic heterocycles. The van der Waals surface area contributed by atoms with E-state index >= 15 is 0 Å². The van der Waals surface area contributed by atoms with Crippen LogP contribution in [-0.4, -0.2) is 41.2 Å². The number of piperidine rings is 1. The summed E-state index contributed by atoms with van der Waals surface area (Å²) in [6.45, 7) is 16.7. The van der Waals surface area contributed by atoms with Crippen LogP contribution in [0.15, 0.2) is 73.3 Å². The Morgan fingerprint density at radius 2 is 1.63 bits per heavy atom. The van der Waals surface area contributed by atoms with Gasteiger partial charge in [-0.25, -0.2) is 4.39 Å². The Labute approximate surface area is 226 Å². The maximum atomic E-state index is 14.8. The molecule has 1 saturated heterocycles. The van der Waals surface area contributed by atoms with E-state index in [1.54, 1.807) is 0 Å². The molecule has 0 aromatic heterocycles. The van der Waals surface area contributed by atoms with Crippen LogP contribution >= 0.6 is 0 Å². The molecule has 38 heavy (non-hydrogen) atoms. The van der Waals surface area contributed by atoms with Crippen LogP contribution in [0.4, 0.5) is 13.2 Å². The molecular formula is C31H44F3N3O. The number of allylic oxidation sites excluding steroid dienone is 1. The lowest BCUT2D eigenvalue weighted by Crippen LogP contribution is -2.51. The van der Waals surface area contributed by atoms with Crippen molar-refractivity contribution in [3.63, 3.8) is 0 Å². The van der Waals surface area contributed by atoms with E-state index in [9.17, 15) is 13.2 Å². The molecule has 3 N–H and O–H groups in total. The van der Waals surface area contributed by atoms with Gasteiger partial charge in [0.25, 0.3) is 5.92 Å². The molecule has 3 rings (SSSR count). The highest BCUT2D eigenvalue weighted by Crippen LogP contribution is 2.22. The van der Waals surface area contributed by atoms with Gasteiger partial charge < -0.3 is 20.6 Å². The number of hydrogen-bond acceptors (Lipinski definition) is 4. The zero-order chi connectivity index (χ0) is 28.3. The minimum absolute atomic E-state index is 0.166. The van der Waals surface area contributed by atoms with Gasteiger partial charge in [-0.3, -0.25) is 0 Å². The van der Waals surface area contributed by atoms with Gasteiger partial charge in [-0.15, -0.1) is 0 Å². The van der Waals surface area contributed by atoms with Crippen molar-refractivity contribution in [1.82, 2.24) is 15.5 Å². The smallest absolute Gasteiger partial charge is 0.300 e. The van der Waals surface area contributed by atoms with E-state index in [0.29, 0.717) is 26.6 Å². The van der Waals surface area contributed by atoms with Crippen LogP contribution in [0.25, 0.3) is 0 Å². The first-order chi connectivity index (χ1) is 17.9. The third-order valence-electron chi connectivity index (χ3n) is 6.63. The van der Waals surface area contributed by atoms with Gasteiger partial charge in [-0.05, 0) is 55.3 Å². The molecule has 2 aromatic carbocycles. The maximum Gasteiger partial charge on any atom is 0.300 e. The zero-order valence-corrected chi connectivity index (χ0v) is 23.2. The van der Waals surface area contributed by atoms with Crippen molar-refractivity contribution < 1.29 is 18.3 Å². The molecule has 1 fully saturated rings. The van der Waals surface area contributed by atoms with Crippen molar-refractivity contribution in [2.24, 2.45) is 5.92 Å². The second-order valence-corrected chi connectivity index (χ2v) is 10.6. The first-order valence-electron chi connectivity index (χ1n) is 13.3. The van der Waals surface area contributed by atoms with Crippen molar-refractivity contribution in [2.45, 2.75) is 78.2 Å². The Morgan fingerprint density at radius 3 is 2.16 bits per heavy atom. The topological polar surface area (TPSA) is 47.5 Å². The van der Waals surface area contributed by atoms with E-state index in [4.69, 9.17) is 5.11 Å². The molecule has 210 valence electrons. The number of alkyl halides is 3. The number of nitrogens with one attached hydrogen (secondary N) is 2. The molecule has 1 heterocycles. The number of aryl methyl sites for hydroxylation is 2. The van der Waals surface area contributed by atoms with Gasteiger partial charge >= 0.3 is 0 Å². The van der Waals surface area contributed by atoms with E-state index in [2.05, 4.69) is 98.0 Å². The van der Waals surface area contributed by atoms with Crippen LogP contribution in [-0.2, 0) is 19.5 Å². The second-order valence-electron chi connectivity index (χ2n) is 10.6. The standard InChI is InChI=1S/C27H38FN3.C4H6F2O/c1-20(2)5-8-23-11-13-24(14-12-23)17-30-22(4)31(27-15-16-29-18-26(27)28)19-25-9-6-21(3)7-10-25;1-3(7)4(2,5)6/h6-7,9-14,20,26-27,29-30H,4-5,8,15-19H2,1-3H3;7H,1H2,2H3. The molecule has 2 unspecified atom stereocenters. The number of hydrogen-bond donors (Lipinski definition) is 3. The van der Waals surface area contributed by atoms with Gasteiger partial charge in [0.1, 0.15) is 6.17 Å². The van der Waals surface area contributed by atoms with Crippen LogP contribution in [0.2, 0.25) is 0 Å². The zero-order valence-electron chi connectivity index (χ0n) is 23.2. The second kappa shape index (κ2) is 14.9. The minimum Gasteiger partial charge on any atom is -0.507 e. The van der Waals surface area contributed by atoms with Gasteiger partial charge in [0, 0.05) is 26.6 Å². The minimum atomic E-state index is -3.14. The molecule has 0 radical (unpaired) electrons. The van der Waals surface area contributed by atoms with Crippen LogP contribution < -0.4 is 10.6 Å². The largest absolute Gasteiger partial charge is 0.507 e. The summed E-state index contributed by atoms with van der Waals surface area (Å²) >= 11 is 0. The molecule has 0 bridgehead atoms. The summed E-state index contributed by atoms with van der Waals surface area (Å²) in [4.78, 5) is 2.12. The number of halogens is 3. The fourth-order valence-electron chi connectivity index (χ4n) is 4.05. The Kier molecular flexibility index (Phi) is 12.2. The van der Waals surface area contributed by atoms with Crippen LogP contribution in [0.5, 0.6) is 0 Å². The number of aliphatic hydroxyl groups is 1. The molecule has 0 aliphatic carbocycles. The number of nitrogens with zero attached hydrogens (tertiary/aromatic N) is 1. The Morgan fingerprint density at radius 1 is 1.08 bits per heavy atom. The van der Waals surface area contributed by atoms with Gasteiger partial charge in [0.2, 0.25) is 0 Å². The summed E-state index contributed by atoms with van der Waals surface area (Å²) in [5.41, 5.74) is 5.00. The van der Waals surface area contributed by atoms with Gasteiger partial charge in [-0.2, -0.15) is 8.78 Å². The first-order valence-corrected chi connectivity index (χ1v) is 13.3. The lowest BCUT2D eigenvalue weighted by molar-refractivity contribution is 0.0197. The summed E-state index contributed by atoms with van der Waals surface area (Å²) < 4.78 is 37.8. The van der Waals surface area contributed by atoms with Crippen LogP contribution in [0.1, 0.15) is 55.9 Å². The lowest BCUT2D eigenvalue weighted by Gasteiger charge is -2.39. The highest BCUT2D eigenvalue weighted by molar-refractivity contribution is 5.24. The molecule has 2 atom stereocenters. The predicted octanol–water partition coefficient (Wildman–Crippen LogP) is 7.06. The Balaban J connectivity index is 0.000000638. The van der Waals surface area contributed by atoms with E-state index in [1.807, 2.05) is 0 Å². The maximum absolute atomic E-state index is 14.8. The quantitative estimate of drug-likeness (QED) is 0.272. The normalized spacial score (nSPS) is 17.4. The molecule has 0 amide bonds. The summed E-state index contributed by atoms with van der Waals surface area (Å²) in [5, 5.41) is 14.6. The lowest BCUT2D eigenvalue weighted by atomic mass is 10.0. The summed E-state index contributed by atoms with van der Waals surface area (Å²) in [6.07, 6.45) is 2.20. The molecule has 7 heteroatoms. The molecule has 1 aliphatic rings. The Bertz CT molecular complexity index is 1000. The van der Waals surface area contributed by atoms with Crippen molar-refractivity contribution in [3.8, 4) is 0 Å². The molecule has 4 nitrogen and oxygen atoms in total. The number of aliphatic hydroxyl groups excluding tert-OH is 1.